The van der Waals surface area contributed by atoms with Gasteiger partial charge >= 0.3 is 5.97 Å². The summed E-state index contributed by atoms with van der Waals surface area (Å²) in [5.74, 6) is -1.39. The molecule has 3 aromatic rings. The number of pyridine rings is 1. The fourth-order valence-electron chi connectivity index (χ4n) is 2.37. The third kappa shape index (κ3) is 3.83. The van der Waals surface area contributed by atoms with Crippen molar-refractivity contribution in [3.63, 3.8) is 0 Å². The van der Waals surface area contributed by atoms with E-state index in [1.165, 1.54) is 18.2 Å². The monoisotopic (exact) mass is 357 g/mol. The van der Waals surface area contributed by atoms with Crippen molar-refractivity contribution in [3.05, 3.63) is 76.2 Å². The minimum atomic E-state index is -0.654. The van der Waals surface area contributed by atoms with E-state index in [9.17, 15) is 14.0 Å². The number of fused-ring (bicyclic) bond motifs is 1. The second kappa shape index (κ2) is 6.99. The minimum Gasteiger partial charge on any atom is -0.454 e. The normalized spacial score (nSPS) is 10.7. The molecule has 1 heterocycles. The summed E-state index contributed by atoms with van der Waals surface area (Å²) in [7, 11) is 0. The molecule has 0 bridgehead atoms. The lowest BCUT2D eigenvalue weighted by atomic mass is 10.1. The first-order valence-corrected chi connectivity index (χ1v) is 7.84. The standard InChI is InChI=1S/C19H13ClFNO3/c1-11-16(8-13-4-7-15(21)9-17(13)22-11)19(24)25-10-18(23)12-2-5-14(20)6-3-12/h2-9H,10H2,1H3. The Bertz CT molecular complexity index is 970. The zero-order chi connectivity index (χ0) is 18.0. The van der Waals surface area contributed by atoms with E-state index in [1.807, 2.05) is 0 Å². The van der Waals surface area contributed by atoms with Crippen molar-refractivity contribution >= 4 is 34.3 Å². The highest BCUT2D eigenvalue weighted by Gasteiger charge is 2.16. The Morgan fingerprint density at radius 1 is 1.12 bits per heavy atom. The van der Waals surface area contributed by atoms with E-state index in [1.54, 1.807) is 37.3 Å². The Hall–Kier alpha value is -2.79. The second-order valence-corrected chi connectivity index (χ2v) is 5.90. The largest absolute Gasteiger partial charge is 0.454 e. The molecule has 25 heavy (non-hydrogen) atoms. The van der Waals surface area contributed by atoms with Crippen LogP contribution in [-0.2, 0) is 4.74 Å². The molecule has 6 heteroatoms. The van der Waals surface area contributed by atoms with Gasteiger partial charge in [-0.2, -0.15) is 0 Å². The van der Waals surface area contributed by atoms with E-state index in [2.05, 4.69) is 4.98 Å². The molecule has 0 amide bonds. The molecule has 0 spiro atoms. The molecule has 0 aliphatic rings. The van der Waals surface area contributed by atoms with Crippen LogP contribution in [0.4, 0.5) is 4.39 Å². The summed E-state index contributed by atoms with van der Waals surface area (Å²) in [5.41, 5.74) is 1.50. The Balaban J connectivity index is 1.75. The van der Waals surface area contributed by atoms with Gasteiger partial charge in [0.2, 0.25) is 0 Å². The highest BCUT2D eigenvalue weighted by atomic mass is 35.5. The van der Waals surface area contributed by atoms with Gasteiger partial charge in [0.15, 0.2) is 12.4 Å². The van der Waals surface area contributed by atoms with Crippen LogP contribution in [0.2, 0.25) is 5.02 Å². The number of hydrogen-bond acceptors (Lipinski definition) is 4. The number of carbonyl (C=O) groups excluding carboxylic acids is 2. The van der Waals surface area contributed by atoms with Gasteiger partial charge in [-0.25, -0.2) is 9.18 Å². The lowest BCUT2D eigenvalue weighted by molar-refractivity contribution is 0.0473. The summed E-state index contributed by atoms with van der Waals surface area (Å²) >= 11 is 5.77. The van der Waals surface area contributed by atoms with Gasteiger partial charge in [-0.1, -0.05) is 11.6 Å². The van der Waals surface area contributed by atoms with E-state index >= 15 is 0 Å². The number of rotatable bonds is 4. The maximum absolute atomic E-state index is 13.2. The van der Waals surface area contributed by atoms with Gasteiger partial charge in [0, 0.05) is 22.0 Å². The average molecular weight is 358 g/mol. The van der Waals surface area contributed by atoms with Crippen molar-refractivity contribution in [2.24, 2.45) is 0 Å². The van der Waals surface area contributed by atoms with Gasteiger partial charge < -0.3 is 4.74 Å². The number of aryl methyl sites for hydroxylation is 1. The minimum absolute atomic E-state index is 0.239. The quantitative estimate of drug-likeness (QED) is 0.513. The SMILES string of the molecule is Cc1nc2cc(F)ccc2cc1C(=O)OCC(=O)c1ccc(Cl)cc1. The molecule has 0 saturated carbocycles. The first kappa shape index (κ1) is 17.0. The number of nitrogens with zero attached hydrogens (tertiary/aromatic N) is 1. The van der Waals surface area contributed by atoms with Crippen LogP contribution >= 0.6 is 11.6 Å². The molecule has 0 radical (unpaired) electrons. The molecule has 0 aliphatic heterocycles. The number of ketones is 1. The van der Waals surface area contributed by atoms with Gasteiger partial charge in [0.1, 0.15) is 5.82 Å². The predicted octanol–water partition coefficient (Wildman–Crippen LogP) is 4.38. The molecule has 0 N–H and O–H groups in total. The van der Waals surface area contributed by atoms with Crippen molar-refractivity contribution in [2.75, 3.05) is 6.61 Å². The Labute approximate surface area is 148 Å². The molecule has 0 aliphatic carbocycles. The molecular weight excluding hydrogens is 345 g/mol. The highest BCUT2D eigenvalue weighted by Crippen LogP contribution is 2.18. The molecule has 3 rings (SSSR count). The first-order valence-electron chi connectivity index (χ1n) is 7.47. The number of aromatic nitrogens is 1. The summed E-state index contributed by atoms with van der Waals surface area (Å²) in [6.07, 6.45) is 0. The third-order valence-corrected chi connectivity index (χ3v) is 3.94. The topological polar surface area (TPSA) is 56.3 Å². The first-order chi connectivity index (χ1) is 11.9. The van der Waals surface area contributed by atoms with Crippen molar-refractivity contribution in [3.8, 4) is 0 Å². The van der Waals surface area contributed by atoms with Crippen LogP contribution in [-0.4, -0.2) is 23.3 Å². The molecule has 1 aromatic heterocycles. The zero-order valence-electron chi connectivity index (χ0n) is 13.3. The van der Waals surface area contributed by atoms with E-state index in [4.69, 9.17) is 16.3 Å². The van der Waals surface area contributed by atoms with Crippen molar-refractivity contribution in [1.82, 2.24) is 4.98 Å². The van der Waals surface area contributed by atoms with Gasteiger partial charge in [-0.15, -0.1) is 0 Å². The van der Waals surface area contributed by atoms with Crippen LogP contribution in [0.1, 0.15) is 26.4 Å². The number of halogens is 2. The Morgan fingerprint density at radius 3 is 2.56 bits per heavy atom. The zero-order valence-corrected chi connectivity index (χ0v) is 14.0. The maximum atomic E-state index is 13.2. The van der Waals surface area contributed by atoms with Crippen LogP contribution < -0.4 is 0 Å². The van der Waals surface area contributed by atoms with E-state index in [0.29, 0.717) is 27.2 Å². The number of esters is 1. The number of benzene rings is 2. The molecule has 126 valence electrons. The Morgan fingerprint density at radius 2 is 1.84 bits per heavy atom. The summed E-state index contributed by atoms with van der Waals surface area (Å²) in [6, 6.07) is 12.0. The van der Waals surface area contributed by atoms with Crippen LogP contribution in [0.5, 0.6) is 0 Å². The van der Waals surface area contributed by atoms with Crippen LogP contribution in [0.15, 0.2) is 48.5 Å². The molecule has 0 atom stereocenters. The van der Waals surface area contributed by atoms with E-state index < -0.39 is 11.8 Å². The van der Waals surface area contributed by atoms with Crippen LogP contribution in [0.3, 0.4) is 0 Å². The molecule has 0 unspecified atom stereocenters. The summed E-state index contributed by atoms with van der Waals surface area (Å²) < 4.78 is 18.3. The van der Waals surface area contributed by atoms with Crippen molar-refractivity contribution in [1.29, 1.82) is 0 Å². The lowest BCUT2D eigenvalue weighted by Crippen LogP contribution is -2.15. The highest BCUT2D eigenvalue weighted by molar-refractivity contribution is 6.30. The molecule has 4 nitrogen and oxygen atoms in total. The molecule has 0 fully saturated rings. The number of ether oxygens (including phenoxy) is 1. The van der Waals surface area contributed by atoms with Crippen LogP contribution in [0.25, 0.3) is 10.9 Å². The second-order valence-electron chi connectivity index (χ2n) is 5.46. The van der Waals surface area contributed by atoms with Gasteiger partial charge in [-0.05, 0) is 49.4 Å². The van der Waals surface area contributed by atoms with Gasteiger partial charge in [0.25, 0.3) is 0 Å². The van der Waals surface area contributed by atoms with Crippen molar-refractivity contribution in [2.45, 2.75) is 6.92 Å². The van der Waals surface area contributed by atoms with E-state index in [0.717, 1.165) is 0 Å². The van der Waals surface area contributed by atoms with Gasteiger partial charge in [0.05, 0.1) is 16.8 Å². The molecule has 0 saturated heterocycles. The van der Waals surface area contributed by atoms with Crippen LogP contribution in [0, 0.1) is 12.7 Å². The summed E-state index contributed by atoms with van der Waals surface area (Å²) in [4.78, 5) is 28.5. The summed E-state index contributed by atoms with van der Waals surface area (Å²) in [5, 5.41) is 1.13. The molecular formula is C19H13ClFNO3. The van der Waals surface area contributed by atoms with Gasteiger partial charge in [-0.3, -0.25) is 9.78 Å². The van der Waals surface area contributed by atoms with E-state index in [-0.39, 0.29) is 18.0 Å². The summed E-state index contributed by atoms with van der Waals surface area (Å²) in [6.45, 7) is 1.24. The maximum Gasteiger partial charge on any atom is 0.340 e. The fourth-order valence-corrected chi connectivity index (χ4v) is 2.50. The average Bonchev–Trinajstić information content (AvgIpc) is 2.59. The Kier molecular flexibility index (Phi) is 4.76. The smallest absolute Gasteiger partial charge is 0.340 e. The lowest BCUT2D eigenvalue weighted by Gasteiger charge is -2.08. The fraction of sp³-hybridized carbons (Fsp3) is 0.105. The predicted molar refractivity (Wildman–Crippen MR) is 92.5 cm³/mol. The number of hydrogen-bond donors (Lipinski definition) is 0. The number of Topliss-reactive ketones (excluding diaryl/α,β-unsaturated/α-hetero) is 1. The van der Waals surface area contributed by atoms with Crippen molar-refractivity contribution < 1.29 is 18.7 Å². The molecule has 2 aromatic carbocycles. The number of carbonyl (C=O) groups is 2. The third-order valence-electron chi connectivity index (χ3n) is 3.69.